The van der Waals surface area contributed by atoms with Gasteiger partial charge in [0.05, 0.1) is 11.2 Å². The normalized spacial score (nSPS) is 12.4. The topological polar surface area (TPSA) is 12.0 Å². The molecule has 0 atom stereocenters. The van der Waals surface area contributed by atoms with Crippen LogP contribution < -0.4 is 5.32 Å². The van der Waals surface area contributed by atoms with Crippen molar-refractivity contribution in [2.45, 2.75) is 71.3 Å². The fourth-order valence-corrected chi connectivity index (χ4v) is 5.14. The van der Waals surface area contributed by atoms with Gasteiger partial charge in [-0.1, -0.05) is 107 Å². The van der Waals surface area contributed by atoms with E-state index in [1.54, 1.807) is 0 Å². The van der Waals surface area contributed by atoms with Gasteiger partial charge in [-0.05, 0) is 59.1 Å². The van der Waals surface area contributed by atoms with Crippen molar-refractivity contribution in [1.29, 1.82) is 0 Å². The molecule has 4 rings (SSSR count). The van der Waals surface area contributed by atoms with Gasteiger partial charge in [-0.25, -0.2) is 0 Å². The largest absolute Gasteiger partial charge is 0.375 e. The number of rotatable bonds is 8. The molecule has 0 spiro atoms. The van der Waals surface area contributed by atoms with Crippen LogP contribution in [0.15, 0.2) is 78.9 Å². The molecule has 4 aromatic rings. The second-order valence-electron chi connectivity index (χ2n) is 9.45. The first-order valence-corrected chi connectivity index (χ1v) is 12.3. The lowest BCUT2D eigenvalue weighted by Gasteiger charge is -2.36. The lowest BCUT2D eigenvalue weighted by atomic mass is 9.76. The van der Waals surface area contributed by atoms with Gasteiger partial charge in [-0.3, -0.25) is 0 Å². The first-order valence-electron chi connectivity index (χ1n) is 12.3. The van der Waals surface area contributed by atoms with Crippen molar-refractivity contribution < 1.29 is 0 Å². The monoisotopic (exact) mass is 423 g/mol. The van der Waals surface area contributed by atoms with E-state index >= 15 is 0 Å². The molecule has 32 heavy (non-hydrogen) atoms. The number of hydrogen-bond acceptors (Lipinski definition) is 1. The Morgan fingerprint density at radius 3 is 1.53 bits per heavy atom. The Hall–Kier alpha value is -2.80. The van der Waals surface area contributed by atoms with Gasteiger partial charge in [-0.15, -0.1) is 0 Å². The number of nitrogens with one attached hydrogen (secondary N) is 1. The minimum Gasteiger partial charge on any atom is -0.375 e. The van der Waals surface area contributed by atoms with Crippen LogP contribution in [-0.4, -0.2) is 0 Å². The molecule has 1 nitrogen and oxygen atoms in total. The fourth-order valence-electron chi connectivity index (χ4n) is 5.14. The molecule has 0 aliphatic carbocycles. The molecule has 4 aromatic carbocycles. The van der Waals surface area contributed by atoms with Crippen LogP contribution in [0.1, 0.15) is 71.4 Å². The molecular formula is C31H37N. The zero-order valence-electron chi connectivity index (χ0n) is 20.3. The maximum atomic E-state index is 4.08. The summed E-state index contributed by atoms with van der Waals surface area (Å²) in [6.45, 7) is 11.6. The zero-order chi connectivity index (χ0) is 22.8. The van der Waals surface area contributed by atoms with Gasteiger partial charge in [0.1, 0.15) is 0 Å². The second kappa shape index (κ2) is 8.98. The van der Waals surface area contributed by atoms with Gasteiger partial charge in [-0.2, -0.15) is 0 Å². The number of hydrogen-bond donors (Lipinski definition) is 1. The molecule has 0 unspecified atom stereocenters. The predicted octanol–water partition coefficient (Wildman–Crippen LogP) is 9.20. The summed E-state index contributed by atoms with van der Waals surface area (Å²) in [6, 6.07) is 29.3. The predicted molar refractivity (Wildman–Crippen MR) is 142 cm³/mol. The molecule has 0 heterocycles. The van der Waals surface area contributed by atoms with E-state index in [0.717, 1.165) is 25.7 Å². The Balaban J connectivity index is 1.84. The Labute approximate surface area is 193 Å². The quantitative estimate of drug-likeness (QED) is 0.278. The third-order valence-corrected chi connectivity index (χ3v) is 8.04. The van der Waals surface area contributed by atoms with Crippen LogP contribution in [0.3, 0.4) is 0 Å². The molecule has 0 aromatic heterocycles. The second-order valence-corrected chi connectivity index (χ2v) is 9.45. The summed E-state index contributed by atoms with van der Waals surface area (Å²) in [4.78, 5) is 0. The average molecular weight is 424 g/mol. The molecule has 1 N–H and O–H groups in total. The van der Waals surface area contributed by atoms with Crippen molar-refractivity contribution in [3.8, 4) is 0 Å². The third-order valence-electron chi connectivity index (χ3n) is 8.04. The summed E-state index contributed by atoms with van der Waals surface area (Å²) in [5, 5.41) is 9.23. The van der Waals surface area contributed by atoms with Crippen LogP contribution in [0.2, 0.25) is 0 Å². The first kappa shape index (κ1) is 22.4. The molecule has 0 amide bonds. The van der Waals surface area contributed by atoms with E-state index in [0.29, 0.717) is 0 Å². The van der Waals surface area contributed by atoms with Gasteiger partial charge < -0.3 is 5.32 Å². The van der Waals surface area contributed by atoms with Gasteiger partial charge in [0.15, 0.2) is 0 Å². The highest BCUT2D eigenvalue weighted by Gasteiger charge is 2.30. The Morgan fingerprint density at radius 1 is 0.594 bits per heavy atom. The van der Waals surface area contributed by atoms with Crippen molar-refractivity contribution >= 4 is 27.2 Å². The molecule has 0 saturated heterocycles. The Kier molecular flexibility index (Phi) is 6.29. The lowest BCUT2D eigenvalue weighted by Crippen LogP contribution is -2.34. The fraction of sp³-hybridized carbons (Fsp3) is 0.355. The summed E-state index contributed by atoms with van der Waals surface area (Å²) in [6.07, 6.45) is 4.38. The van der Waals surface area contributed by atoms with Crippen LogP contribution in [-0.2, 0) is 11.0 Å². The van der Waals surface area contributed by atoms with E-state index in [1.165, 1.54) is 38.4 Å². The van der Waals surface area contributed by atoms with E-state index in [1.807, 2.05) is 0 Å². The van der Waals surface area contributed by atoms with E-state index in [9.17, 15) is 0 Å². The third kappa shape index (κ3) is 3.79. The highest BCUT2D eigenvalue weighted by molar-refractivity contribution is 6.11. The van der Waals surface area contributed by atoms with Crippen LogP contribution in [0.4, 0.5) is 5.69 Å². The van der Waals surface area contributed by atoms with Crippen LogP contribution >= 0.6 is 0 Å². The average Bonchev–Trinajstić information content (AvgIpc) is 2.86. The van der Waals surface area contributed by atoms with Crippen LogP contribution in [0.25, 0.3) is 21.5 Å². The van der Waals surface area contributed by atoms with E-state index < -0.39 is 0 Å². The lowest BCUT2D eigenvalue weighted by molar-refractivity contribution is 0.435. The van der Waals surface area contributed by atoms with Gasteiger partial charge in [0, 0.05) is 10.8 Å². The van der Waals surface area contributed by atoms with Crippen LogP contribution in [0.5, 0.6) is 0 Å². The van der Waals surface area contributed by atoms with Crippen molar-refractivity contribution in [1.82, 2.24) is 0 Å². The molecule has 1 heteroatoms. The molecule has 0 radical (unpaired) electrons. The summed E-state index contributed by atoms with van der Waals surface area (Å²) in [5.41, 5.74) is 4.21. The van der Waals surface area contributed by atoms with Crippen molar-refractivity contribution in [3.05, 3.63) is 90.0 Å². The first-order chi connectivity index (χ1) is 15.5. The molecule has 0 bridgehead atoms. The maximum absolute atomic E-state index is 4.08. The van der Waals surface area contributed by atoms with E-state index in [2.05, 4.69) is 119 Å². The van der Waals surface area contributed by atoms with Crippen molar-refractivity contribution in [3.63, 3.8) is 0 Å². The number of benzene rings is 4. The molecule has 0 aliphatic rings. The molecular weight excluding hydrogens is 386 g/mol. The van der Waals surface area contributed by atoms with Gasteiger partial charge >= 0.3 is 0 Å². The molecule has 0 saturated carbocycles. The highest BCUT2D eigenvalue weighted by Crippen LogP contribution is 2.40. The minimum atomic E-state index is -0.111. The molecule has 0 fully saturated rings. The zero-order valence-corrected chi connectivity index (χ0v) is 20.3. The Morgan fingerprint density at radius 2 is 1.06 bits per heavy atom. The van der Waals surface area contributed by atoms with Crippen molar-refractivity contribution in [2.24, 2.45) is 0 Å². The van der Waals surface area contributed by atoms with Crippen molar-refractivity contribution in [2.75, 3.05) is 5.32 Å². The van der Waals surface area contributed by atoms with E-state index in [4.69, 9.17) is 0 Å². The maximum Gasteiger partial charge on any atom is 0.0620 e. The SMILES string of the molecule is CCC(C)(CC)c1ccc(C(CC)(CC)Nc2c3ccccc3cc3ccccc23)cc1. The summed E-state index contributed by atoms with van der Waals surface area (Å²) in [5.74, 6) is 0. The number of fused-ring (bicyclic) bond motifs is 2. The Bertz CT molecular complexity index is 1140. The molecule has 166 valence electrons. The van der Waals surface area contributed by atoms with Gasteiger partial charge in [0.2, 0.25) is 0 Å². The van der Waals surface area contributed by atoms with Gasteiger partial charge in [0.25, 0.3) is 0 Å². The van der Waals surface area contributed by atoms with E-state index in [-0.39, 0.29) is 11.0 Å². The summed E-state index contributed by atoms with van der Waals surface area (Å²) in [7, 11) is 0. The highest BCUT2D eigenvalue weighted by atomic mass is 15.0. The standard InChI is InChI=1S/C31H37N/c1-6-30(5,7-2)25-18-20-26(21-19-25)31(8-3,9-4)32-29-27-16-12-10-14-23(27)22-24-15-11-13-17-28(24)29/h10-22,32H,6-9H2,1-5H3. The number of anilines is 1. The molecule has 0 aliphatic heterocycles. The minimum absolute atomic E-state index is 0.111. The summed E-state index contributed by atoms with van der Waals surface area (Å²) >= 11 is 0. The smallest absolute Gasteiger partial charge is 0.0620 e. The summed E-state index contributed by atoms with van der Waals surface area (Å²) < 4.78 is 0. The van der Waals surface area contributed by atoms with Crippen LogP contribution in [0, 0.1) is 0 Å².